The highest BCUT2D eigenvalue weighted by Crippen LogP contribution is 2.12. The van der Waals surface area contributed by atoms with E-state index >= 15 is 0 Å². The molecule has 0 aliphatic carbocycles. The fraction of sp³-hybridized carbons (Fsp3) is 0.308. The van der Waals surface area contributed by atoms with E-state index in [0.717, 1.165) is 30.3 Å². The van der Waals surface area contributed by atoms with Gasteiger partial charge in [0.2, 0.25) is 0 Å². The molecular weight excluding hydrogens is 254 g/mol. The fourth-order valence-electron chi connectivity index (χ4n) is 1.65. The highest BCUT2D eigenvalue weighted by atomic mass is 32.1. The first-order valence-corrected chi connectivity index (χ1v) is 6.58. The molecule has 0 amide bonds. The van der Waals surface area contributed by atoms with Crippen molar-refractivity contribution in [3.63, 3.8) is 0 Å². The number of aryl methyl sites for hydroxylation is 1. The third-order valence-electron chi connectivity index (χ3n) is 2.69. The van der Waals surface area contributed by atoms with Gasteiger partial charge in [0.15, 0.2) is 11.6 Å². The van der Waals surface area contributed by atoms with Crippen LogP contribution in [0.25, 0.3) is 0 Å². The van der Waals surface area contributed by atoms with E-state index in [-0.39, 0.29) is 0 Å². The first-order valence-electron chi connectivity index (χ1n) is 5.70. The van der Waals surface area contributed by atoms with Gasteiger partial charge in [0, 0.05) is 18.0 Å². The number of rotatable bonds is 5. The van der Waals surface area contributed by atoms with Crippen molar-refractivity contribution < 1.29 is 8.78 Å². The molecule has 2 nitrogen and oxygen atoms in total. The minimum absolute atomic E-state index is 0.537. The Morgan fingerprint density at radius 2 is 2.11 bits per heavy atom. The summed E-state index contributed by atoms with van der Waals surface area (Å²) in [5.41, 5.74) is 3.64. The van der Waals surface area contributed by atoms with Crippen LogP contribution in [0.4, 0.5) is 8.78 Å². The molecule has 1 aromatic heterocycles. The molecule has 0 atom stereocenters. The third-order valence-corrected chi connectivity index (χ3v) is 3.68. The first kappa shape index (κ1) is 13.1. The molecule has 1 N–H and O–H groups in total. The molecule has 0 spiro atoms. The zero-order valence-electron chi connectivity index (χ0n) is 10.0. The molecule has 0 fully saturated rings. The highest BCUT2D eigenvalue weighted by molar-refractivity contribution is 7.09. The molecular formula is C13H14F2N2S. The average Bonchev–Trinajstić information content (AvgIpc) is 2.75. The van der Waals surface area contributed by atoms with Crippen LogP contribution in [0.3, 0.4) is 0 Å². The largest absolute Gasteiger partial charge is 0.312 e. The van der Waals surface area contributed by atoms with Gasteiger partial charge in [-0.2, -0.15) is 0 Å². The summed E-state index contributed by atoms with van der Waals surface area (Å²) in [5.74, 6) is -1.60. The average molecular weight is 268 g/mol. The van der Waals surface area contributed by atoms with Gasteiger partial charge in [-0.1, -0.05) is 6.07 Å². The number of aromatic nitrogens is 1. The van der Waals surface area contributed by atoms with Crippen molar-refractivity contribution in [2.45, 2.75) is 19.9 Å². The van der Waals surface area contributed by atoms with E-state index in [0.29, 0.717) is 6.54 Å². The second-order valence-electron chi connectivity index (χ2n) is 4.04. The Morgan fingerprint density at radius 1 is 1.28 bits per heavy atom. The van der Waals surface area contributed by atoms with Crippen molar-refractivity contribution in [3.05, 3.63) is 51.5 Å². The lowest BCUT2D eigenvalue weighted by Gasteiger charge is -2.05. The van der Waals surface area contributed by atoms with Crippen LogP contribution in [0.5, 0.6) is 0 Å². The summed E-state index contributed by atoms with van der Waals surface area (Å²) in [6.07, 6.45) is 0.903. The minimum atomic E-state index is -0.806. The van der Waals surface area contributed by atoms with Crippen LogP contribution in [0.15, 0.2) is 23.7 Å². The van der Waals surface area contributed by atoms with Crippen molar-refractivity contribution in [2.24, 2.45) is 0 Å². The lowest BCUT2D eigenvalue weighted by molar-refractivity contribution is 0.506. The smallest absolute Gasteiger partial charge is 0.159 e. The van der Waals surface area contributed by atoms with Gasteiger partial charge < -0.3 is 5.32 Å². The van der Waals surface area contributed by atoms with E-state index in [4.69, 9.17) is 0 Å². The second-order valence-corrected chi connectivity index (χ2v) is 4.98. The summed E-state index contributed by atoms with van der Waals surface area (Å²) in [7, 11) is 0. The minimum Gasteiger partial charge on any atom is -0.312 e. The molecule has 2 rings (SSSR count). The molecule has 0 saturated heterocycles. The number of thiazole rings is 1. The van der Waals surface area contributed by atoms with Crippen LogP contribution in [-0.4, -0.2) is 11.5 Å². The van der Waals surface area contributed by atoms with Gasteiger partial charge in [0.1, 0.15) is 0 Å². The van der Waals surface area contributed by atoms with Crippen LogP contribution in [-0.2, 0) is 13.0 Å². The van der Waals surface area contributed by atoms with E-state index in [9.17, 15) is 8.78 Å². The summed E-state index contributed by atoms with van der Waals surface area (Å²) < 4.78 is 25.7. The maximum Gasteiger partial charge on any atom is 0.159 e. The van der Waals surface area contributed by atoms with Gasteiger partial charge in [-0.15, -0.1) is 11.3 Å². The Morgan fingerprint density at radius 3 is 2.78 bits per heavy atom. The van der Waals surface area contributed by atoms with Gasteiger partial charge in [-0.3, -0.25) is 0 Å². The van der Waals surface area contributed by atoms with Crippen LogP contribution in [0, 0.1) is 18.6 Å². The Bertz CT molecular complexity index is 525. The third kappa shape index (κ3) is 3.34. The van der Waals surface area contributed by atoms with E-state index in [1.807, 2.05) is 12.4 Å². The van der Waals surface area contributed by atoms with Crippen LogP contribution in [0.2, 0.25) is 0 Å². The monoisotopic (exact) mass is 268 g/mol. The standard InChI is InChI=1S/C13H14F2N2S/c1-9-13(18-8-17-9)4-5-16-7-10-2-3-11(14)12(15)6-10/h2-3,6,8,16H,4-5,7H2,1H3. The fourth-order valence-corrected chi connectivity index (χ4v) is 2.43. The predicted octanol–water partition coefficient (Wildman–Crippen LogP) is 3.06. The van der Waals surface area contributed by atoms with Gasteiger partial charge in [-0.05, 0) is 31.0 Å². The number of hydrogen-bond acceptors (Lipinski definition) is 3. The predicted molar refractivity (Wildman–Crippen MR) is 68.6 cm³/mol. The Balaban J connectivity index is 1.78. The van der Waals surface area contributed by atoms with E-state index < -0.39 is 11.6 Å². The van der Waals surface area contributed by atoms with Crippen LogP contribution in [0.1, 0.15) is 16.1 Å². The molecule has 1 heterocycles. The van der Waals surface area contributed by atoms with Gasteiger partial charge in [0.05, 0.1) is 11.2 Å². The maximum absolute atomic E-state index is 13.0. The summed E-state index contributed by atoms with van der Waals surface area (Å²) in [5, 5.41) is 3.20. The molecule has 0 radical (unpaired) electrons. The number of benzene rings is 1. The quantitative estimate of drug-likeness (QED) is 0.843. The zero-order chi connectivity index (χ0) is 13.0. The van der Waals surface area contributed by atoms with E-state index in [1.54, 1.807) is 17.4 Å². The molecule has 1 aromatic carbocycles. The molecule has 0 bridgehead atoms. The van der Waals surface area contributed by atoms with Gasteiger partial charge >= 0.3 is 0 Å². The molecule has 18 heavy (non-hydrogen) atoms. The normalized spacial score (nSPS) is 10.8. The van der Waals surface area contributed by atoms with E-state index in [2.05, 4.69) is 10.3 Å². The number of nitrogens with one attached hydrogen (secondary N) is 1. The van der Waals surface area contributed by atoms with Crippen LogP contribution >= 0.6 is 11.3 Å². The molecule has 96 valence electrons. The van der Waals surface area contributed by atoms with Gasteiger partial charge in [0.25, 0.3) is 0 Å². The summed E-state index contributed by atoms with van der Waals surface area (Å²) in [4.78, 5) is 5.43. The first-order chi connectivity index (χ1) is 8.66. The molecule has 0 saturated carbocycles. The number of halogens is 2. The SMILES string of the molecule is Cc1ncsc1CCNCc1ccc(F)c(F)c1. The summed E-state index contributed by atoms with van der Waals surface area (Å²) in [6, 6.07) is 3.96. The number of hydrogen-bond donors (Lipinski definition) is 1. The lowest BCUT2D eigenvalue weighted by atomic mass is 10.2. The lowest BCUT2D eigenvalue weighted by Crippen LogP contribution is -2.16. The summed E-state index contributed by atoms with van der Waals surface area (Å²) >= 11 is 1.64. The van der Waals surface area contributed by atoms with Crippen LogP contribution < -0.4 is 5.32 Å². The molecule has 0 aliphatic heterocycles. The molecule has 0 aliphatic rings. The van der Waals surface area contributed by atoms with Crippen molar-refractivity contribution in [3.8, 4) is 0 Å². The zero-order valence-corrected chi connectivity index (χ0v) is 10.9. The summed E-state index contributed by atoms with van der Waals surface area (Å²) in [6.45, 7) is 3.32. The topological polar surface area (TPSA) is 24.9 Å². The Kier molecular flexibility index (Phi) is 4.38. The Hall–Kier alpha value is -1.33. The molecule has 0 unspecified atom stereocenters. The van der Waals surface area contributed by atoms with Gasteiger partial charge in [-0.25, -0.2) is 13.8 Å². The second kappa shape index (κ2) is 6.02. The highest BCUT2D eigenvalue weighted by Gasteiger charge is 2.03. The van der Waals surface area contributed by atoms with Crippen molar-refractivity contribution in [2.75, 3.05) is 6.54 Å². The van der Waals surface area contributed by atoms with E-state index in [1.165, 1.54) is 10.9 Å². The van der Waals surface area contributed by atoms with Crippen molar-refractivity contribution in [1.82, 2.24) is 10.3 Å². The Labute approximate surface area is 109 Å². The number of nitrogens with zero attached hydrogens (tertiary/aromatic N) is 1. The van der Waals surface area contributed by atoms with Crippen molar-refractivity contribution >= 4 is 11.3 Å². The maximum atomic E-state index is 13.0. The molecule has 5 heteroatoms. The molecule has 2 aromatic rings. The van der Waals surface area contributed by atoms with Crippen molar-refractivity contribution in [1.29, 1.82) is 0 Å².